The molecule has 5 rings (SSSR count). The zero-order valence-corrected chi connectivity index (χ0v) is 19.2. The quantitative estimate of drug-likeness (QED) is 0.578. The van der Waals surface area contributed by atoms with Gasteiger partial charge in [0.1, 0.15) is 19.4 Å². The van der Waals surface area contributed by atoms with Gasteiger partial charge < -0.3 is 29.9 Å². The van der Waals surface area contributed by atoms with Crippen LogP contribution in [-0.4, -0.2) is 59.0 Å². The van der Waals surface area contributed by atoms with E-state index in [2.05, 4.69) is 5.32 Å². The summed E-state index contributed by atoms with van der Waals surface area (Å²) in [5.41, 5.74) is 4.49. The van der Waals surface area contributed by atoms with Crippen LogP contribution in [0.5, 0.6) is 0 Å². The zero-order valence-electron chi connectivity index (χ0n) is 19.2. The summed E-state index contributed by atoms with van der Waals surface area (Å²) < 4.78 is 10.3. The Balaban J connectivity index is 1.17. The highest BCUT2D eigenvalue weighted by Crippen LogP contribution is 2.49. The number of nitrogens with zero attached hydrogens (tertiary/aromatic N) is 1. The summed E-state index contributed by atoms with van der Waals surface area (Å²) in [4.78, 5) is 25.4. The molecule has 1 aliphatic carbocycles. The van der Waals surface area contributed by atoms with Crippen LogP contribution in [0.1, 0.15) is 72.2 Å². The van der Waals surface area contributed by atoms with Crippen molar-refractivity contribution in [2.75, 3.05) is 19.7 Å². The molecule has 3 heterocycles. The first-order chi connectivity index (χ1) is 15.8. The van der Waals surface area contributed by atoms with Gasteiger partial charge in [0, 0.05) is 30.1 Å². The molecule has 3 N–H and O–H groups in total. The number of hydrogen-bond donors (Lipinski definition) is 3. The summed E-state index contributed by atoms with van der Waals surface area (Å²) in [5.74, 6) is -0.586. The summed E-state index contributed by atoms with van der Waals surface area (Å²) in [6, 6.07) is 3.85. The van der Waals surface area contributed by atoms with Crippen molar-refractivity contribution in [2.45, 2.75) is 70.9 Å². The number of benzene rings is 1. The lowest BCUT2D eigenvalue weighted by Crippen LogP contribution is -2.45. The van der Waals surface area contributed by atoms with Crippen molar-refractivity contribution in [1.29, 1.82) is 0 Å². The Bertz CT molecular complexity index is 1010. The van der Waals surface area contributed by atoms with Gasteiger partial charge in [0.05, 0.1) is 22.9 Å². The van der Waals surface area contributed by atoms with E-state index in [1.54, 1.807) is 13.0 Å². The van der Waals surface area contributed by atoms with Crippen LogP contribution in [-0.2, 0) is 20.9 Å². The fraction of sp³-hybridized carbons (Fsp3) is 0.600. The molecule has 8 heteroatoms. The third kappa shape index (κ3) is 3.74. The van der Waals surface area contributed by atoms with E-state index in [0.717, 1.165) is 61.0 Å². The van der Waals surface area contributed by atoms with Crippen LogP contribution in [0.3, 0.4) is 0 Å². The van der Waals surface area contributed by atoms with Gasteiger partial charge in [0.15, 0.2) is 0 Å². The number of ether oxygens (including phenoxy) is 2. The minimum Gasteiger partial charge on any atom is -0.457 e. The highest BCUT2D eigenvalue weighted by atomic mass is 16.5. The van der Waals surface area contributed by atoms with Gasteiger partial charge in [-0.15, -0.1) is 0 Å². The lowest BCUT2D eigenvalue weighted by atomic mass is 9.70. The van der Waals surface area contributed by atoms with Crippen LogP contribution < -0.4 is 5.32 Å². The van der Waals surface area contributed by atoms with Gasteiger partial charge in [-0.1, -0.05) is 6.07 Å². The maximum atomic E-state index is 11.7. The monoisotopic (exact) mass is 456 g/mol. The van der Waals surface area contributed by atoms with E-state index in [1.807, 2.05) is 17.9 Å². The maximum Gasteiger partial charge on any atom is 0.338 e. The number of esters is 2. The molecule has 8 nitrogen and oxygen atoms in total. The summed E-state index contributed by atoms with van der Waals surface area (Å²) in [6.45, 7) is 5.40. The number of carbonyl (C=O) groups is 2. The Morgan fingerprint density at radius 3 is 2.55 bits per heavy atom. The maximum absolute atomic E-state index is 11.7. The van der Waals surface area contributed by atoms with Crippen LogP contribution in [0.4, 0.5) is 0 Å². The van der Waals surface area contributed by atoms with E-state index in [9.17, 15) is 19.8 Å². The van der Waals surface area contributed by atoms with E-state index >= 15 is 0 Å². The minimum absolute atomic E-state index is 0.154. The van der Waals surface area contributed by atoms with Gasteiger partial charge in [-0.25, -0.2) is 9.59 Å². The Hall–Kier alpha value is -2.42. The molecule has 3 aliphatic heterocycles. The SMILES string of the molecule is CC1=C(N2CCC3(CCC(NC[C@H](O)c4ccc5c(c4C)COC5=O)CC3)C2O)COC1=O. The number of rotatable bonds is 5. The molecule has 33 heavy (non-hydrogen) atoms. The average molecular weight is 457 g/mol. The van der Waals surface area contributed by atoms with Crippen LogP contribution in [0.25, 0.3) is 0 Å². The van der Waals surface area contributed by atoms with Crippen molar-refractivity contribution in [1.82, 2.24) is 10.2 Å². The number of likely N-dealkylation sites (tertiary alicyclic amines) is 1. The molecule has 1 aromatic carbocycles. The summed E-state index contributed by atoms with van der Waals surface area (Å²) in [6.07, 6.45) is 3.30. The predicted octanol–water partition coefficient (Wildman–Crippen LogP) is 2.07. The Kier molecular flexibility index (Phi) is 5.71. The van der Waals surface area contributed by atoms with E-state index in [-0.39, 0.29) is 36.6 Å². The fourth-order valence-corrected chi connectivity index (χ4v) is 6.00. The largest absolute Gasteiger partial charge is 0.457 e. The summed E-state index contributed by atoms with van der Waals surface area (Å²) in [7, 11) is 0. The van der Waals surface area contributed by atoms with E-state index in [1.165, 1.54) is 0 Å². The van der Waals surface area contributed by atoms with Crippen molar-refractivity contribution < 1.29 is 29.3 Å². The van der Waals surface area contributed by atoms with Crippen molar-refractivity contribution >= 4 is 11.9 Å². The molecule has 2 atom stereocenters. The number of aliphatic hydroxyl groups excluding tert-OH is 2. The van der Waals surface area contributed by atoms with E-state index in [4.69, 9.17) is 9.47 Å². The third-order valence-corrected chi connectivity index (χ3v) is 8.27. The zero-order chi connectivity index (χ0) is 23.3. The van der Waals surface area contributed by atoms with Crippen LogP contribution in [0.15, 0.2) is 23.4 Å². The third-order valence-electron chi connectivity index (χ3n) is 8.27. The molecule has 0 radical (unpaired) electrons. The van der Waals surface area contributed by atoms with E-state index in [0.29, 0.717) is 17.7 Å². The predicted molar refractivity (Wildman–Crippen MR) is 119 cm³/mol. The second-order valence-corrected chi connectivity index (χ2v) is 9.91. The lowest BCUT2D eigenvalue weighted by Gasteiger charge is -2.41. The average Bonchev–Trinajstić information content (AvgIpc) is 3.45. The minimum atomic E-state index is -0.663. The number of hydrogen-bond acceptors (Lipinski definition) is 8. The molecule has 2 fully saturated rings. The second-order valence-electron chi connectivity index (χ2n) is 9.91. The molecule has 1 aromatic rings. The van der Waals surface area contributed by atoms with Gasteiger partial charge >= 0.3 is 11.9 Å². The van der Waals surface area contributed by atoms with Gasteiger partial charge in [-0.2, -0.15) is 0 Å². The first-order valence-corrected chi connectivity index (χ1v) is 11.8. The lowest BCUT2D eigenvalue weighted by molar-refractivity contribution is -0.136. The smallest absolute Gasteiger partial charge is 0.338 e. The molecule has 1 saturated heterocycles. The molecule has 178 valence electrons. The molecule has 0 aromatic heterocycles. The van der Waals surface area contributed by atoms with Crippen LogP contribution in [0, 0.1) is 12.3 Å². The van der Waals surface area contributed by atoms with Crippen molar-refractivity contribution in [2.24, 2.45) is 5.41 Å². The van der Waals surface area contributed by atoms with Gasteiger partial charge in [0.2, 0.25) is 0 Å². The Morgan fingerprint density at radius 1 is 1.12 bits per heavy atom. The molecular formula is C25H32N2O6. The Morgan fingerprint density at radius 2 is 1.85 bits per heavy atom. The van der Waals surface area contributed by atoms with Crippen molar-refractivity contribution in [3.05, 3.63) is 45.7 Å². The standard InChI is InChI=1S/C25H32N2O6/c1-14-17(3-4-18-19(14)12-32-23(18)30)21(28)11-26-16-5-7-25(8-6-16)9-10-27(24(25)31)20-13-33-22(29)15(20)2/h3-4,16,21,24,26,28,31H,5-13H2,1-2H3/t16?,21-,24?,25?/m0/s1. The molecule has 1 unspecified atom stereocenters. The number of carbonyl (C=O) groups excluding carboxylic acids is 2. The van der Waals surface area contributed by atoms with Crippen LogP contribution >= 0.6 is 0 Å². The normalized spacial score (nSPS) is 30.1. The second kappa shape index (κ2) is 8.42. The molecule has 4 aliphatic rings. The van der Waals surface area contributed by atoms with Gasteiger partial charge in [-0.05, 0) is 63.1 Å². The molecule has 0 amide bonds. The Labute approximate surface area is 193 Å². The van der Waals surface area contributed by atoms with Crippen molar-refractivity contribution in [3.8, 4) is 0 Å². The van der Waals surface area contributed by atoms with Crippen molar-refractivity contribution in [3.63, 3.8) is 0 Å². The molecule has 1 spiro atoms. The number of nitrogens with one attached hydrogen (secondary N) is 1. The van der Waals surface area contributed by atoms with Gasteiger partial charge in [-0.3, -0.25) is 0 Å². The topological polar surface area (TPSA) is 108 Å². The molecular weight excluding hydrogens is 424 g/mol. The number of cyclic esters (lactones) is 2. The van der Waals surface area contributed by atoms with Gasteiger partial charge in [0.25, 0.3) is 0 Å². The summed E-state index contributed by atoms with van der Waals surface area (Å²) >= 11 is 0. The number of fused-ring (bicyclic) bond motifs is 1. The summed E-state index contributed by atoms with van der Waals surface area (Å²) in [5, 5.41) is 25.4. The first-order valence-electron chi connectivity index (χ1n) is 11.8. The number of aliphatic hydroxyl groups is 2. The molecule has 0 bridgehead atoms. The first kappa shape index (κ1) is 22.4. The highest BCUT2D eigenvalue weighted by molar-refractivity contribution is 5.94. The highest BCUT2D eigenvalue weighted by Gasteiger charge is 2.49. The van der Waals surface area contributed by atoms with Crippen LogP contribution in [0.2, 0.25) is 0 Å². The molecule has 1 saturated carbocycles. The van der Waals surface area contributed by atoms with E-state index < -0.39 is 12.3 Å². The fourth-order valence-electron chi connectivity index (χ4n) is 6.00.